The van der Waals surface area contributed by atoms with Crippen LogP contribution in [0.3, 0.4) is 0 Å². The van der Waals surface area contributed by atoms with Crippen molar-refractivity contribution in [2.45, 2.75) is 19.3 Å². The fourth-order valence-corrected chi connectivity index (χ4v) is 4.34. The first kappa shape index (κ1) is 21.0. The second-order valence-corrected chi connectivity index (χ2v) is 9.06. The number of nitrogens with zero attached hydrogens (tertiary/aromatic N) is 2. The average Bonchev–Trinajstić information content (AvgIpc) is 3.47. The highest BCUT2D eigenvalue weighted by molar-refractivity contribution is 5.80. The van der Waals surface area contributed by atoms with Crippen molar-refractivity contribution < 1.29 is 19.0 Å². The van der Waals surface area contributed by atoms with Crippen molar-refractivity contribution in [2.24, 2.45) is 0 Å². The normalized spacial score (nSPS) is 11.9. The van der Waals surface area contributed by atoms with Gasteiger partial charge in [0.15, 0.2) is 11.2 Å². The molecule has 0 amide bonds. The second-order valence-electron chi connectivity index (χ2n) is 9.06. The molecule has 0 spiro atoms. The lowest BCUT2D eigenvalue weighted by Crippen LogP contribution is -2.18. The van der Waals surface area contributed by atoms with Gasteiger partial charge in [-0.25, -0.2) is 9.97 Å². The van der Waals surface area contributed by atoms with Gasteiger partial charge in [-0.05, 0) is 59.7 Å². The number of benzene rings is 4. The molecule has 0 unspecified atom stereocenters. The van der Waals surface area contributed by atoms with Crippen molar-refractivity contribution in [3.05, 3.63) is 96.1 Å². The van der Waals surface area contributed by atoms with E-state index in [1.54, 1.807) is 36.4 Å². The molecule has 6 nitrogen and oxygen atoms in total. The van der Waals surface area contributed by atoms with E-state index in [-0.39, 0.29) is 16.9 Å². The van der Waals surface area contributed by atoms with Gasteiger partial charge in [-0.15, -0.1) is 0 Å². The number of aromatic nitrogens is 2. The van der Waals surface area contributed by atoms with E-state index in [9.17, 15) is 10.2 Å². The molecule has 0 saturated heterocycles. The van der Waals surface area contributed by atoms with Crippen LogP contribution in [-0.4, -0.2) is 20.2 Å². The van der Waals surface area contributed by atoms with Gasteiger partial charge in [-0.3, -0.25) is 0 Å². The van der Waals surface area contributed by atoms with E-state index in [1.807, 2.05) is 48.5 Å². The number of aromatic hydroxyl groups is 2. The van der Waals surface area contributed by atoms with Gasteiger partial charge < -0.3 is 19.0 Å². The third kappa shape index (κ3) is 3.51. The maximum Gasteiger partial charge on any atom is 0.231 e. The molecule has 0 aliphatic rings. The summed E-state index contributed by atoms with van der Waals surface area (Å²) in [6.07, 6.45) is 0. The summed E-state index contributed by atoms with van der Waals surface area (Å²) >= 11 is 0. The number of hydrogen-bond donors (Lipinski definition) is 2. The van der Waals surface area contributed by atoms with Gasteiger partial charge in [0.2, 0.25) is 11.8 Å². The number of phenols is 2. The summed E-state index contributed by atoms with van der Waals surface area (Å²) in [5, 5.41) is 20.3. The lowest BCUT2D eigenvalue weighted by atomic mass is 9.78. The standard InChI is InChI=1S/C29H22N2O4/c1-29(2,17-11-13-25-21(15-17)30-27(34-25)19-7-3-5-9-23(19)32)18-12-14-26-22(16-18)31-28(35-26)20-8-4-6-10-24(20)33/h3-16,32-33H,1-2H3. The lowest BCUT2D eigenvalue weighted by molar-refractivity contribution is 0.473. The summed E-state index contributed by atoms with van der Waals surface area (Å²) in [6, 6.07) is 25.9. The van der Waals surface area contributed by atoms with E-state index >= 15 is 0 Å². The Hall–Kier alpha value is -4.58. The number of phenolic OH excluding ortho intramolecular Hbond substituents is 2. The summed E-state index contributed by atoms with van der Waals surface area (Å²) in [5.74, 6) is 1.02. The largest absolute Gasteiger partial charge is 0.507 e. The highest BCUT2D eigenvalue weighted by Crippen LogP contribution is 2.37. The Balaban J connectivity index is 1.39. The number of para-hydroxylation sites is 2. The lowest BCUT2D eigenvalue weighted by Gasteiger charge is -2.26. The zero-order valence-electron chi connectivity index (χ0n) is 19.2. The summed E-state index contributed by atoms with van der Waals surface area (Å²) in [4.78, 5) is 9.26. The van der Waals surface area contributed by atoms with Gasteiger partial charge in [0.25, 0.3) is 0 Å². The quantitative estimate of drug-likeness (QED) is 0.292. The minimum atomic E-state index is -0.357. The van der Waals surface area contributed by atoms with Crippen LogP contribution < -0.4 is 0 Å². The monoisotopic (exact) mass is 462 g/mol. The molecule has 2 aromatic heterocycles. The van der Waals surface area contributed by atoms with Gasteiger partial charge in [-0.2, -0.15) is 0 Å². The van der Waals surface area contributed by atoms with Gasteiger partial charge in [0.05, 0.1) is 11.1 Å². The molecule has 2 N–H and O–H groups in total. The average molecular weight is 463 g/mol. The first-order valence-electron chi connectivity index (χ1n) is 11.3. The molecular formula is C29H22N2O4. The molecule has 35 heavy (non-hydrogen) atoms. The van der Waals surface area contributed by atoms with E-state index in [1.165, 1.54) is 0 Å². The fraction of sp³-hybridized carbons (Fsp3) is 0.103. The highest BCUT2D eigenvalue weighted by atomic mass is 16.4. The molecule has 2 heterocycles. The van der Waals surface area contributed by atoms with Gasteiger partial charge >= 0.3 is 0 Å². The third-order valence-electron chi connectivity index (χ3n) is 6.49. The zero-order chi connectivity index (χ0) is 24.2. The molecule has 6 aromatic rings. The Labute approximate surface area is 201 Å². The van der Waals surface area contributed by atoms with Crippen molar-refractivity contribution in [1.82, 2.24) is 9.97 Å². The van der Waals surface area contributed by atoms with Crippen LogP contribution in [0.5, 0.6) is 11.5 Å². The Morgan fingerprint density at radius 2 is 1.03 bits per heavy atom. The number of oxazole rings is 2. The first-order valence-corrected chi connectivity index (χ1v) is 11.3. The van der Waals surface area contributed by atoms with E-state index in [4.69, 9.17) is 8.83 Å². The predicted molar refractivity (Wildman–Crippen MR) is 134 cm³/mol. The van der Waals surface area contributed by atoms with Crippen molar-refractivity contribution in [3.8, 4) is 34.4 Å². The first-order chi connectivity index (χ1) is 16.9. The molecule has 0 fully saturated rings. The maximum atomic E-state index is 10.2. The molecule has 6 heteroatoms. The molecule has 0 saturated carbocycles. The van der Waals surface area contributed by atoms with E-state index in [0.29, 0.717) is 34.1 Å². The van der Waals surface area contributed by atoms with Crippen LogP contribution in [0.25, 0.3) is 45.1 Å². The Bertz CT molecular complexity index is 1590. The van der Waals surface area contributed by atoms with Crippen LogP contribution in [0.15, 0.2) is 93.8 Å². The van der Waals surface area contributed by atoms with Crippen LogP contribution in [0.4, 0.5) is 0 Å². The topological polar surface area (TPSA) is 92.5 Å². The second kappa shape index (κ2) is 7.74. The number of hydrogen-bond acceptors (Lipinski definition) is 6. The molecule has 0 aliphatic carbocycles. The molecular weight excluding hydrogens is 440 g/mol. The molecule has 0 radical (unpaired) electrons. The fourth-order valence-electron chi connectivity index (χ4n) is 4.34. The molecule has 6 rings (SSSR count). The van der Waals surface area contributed by atoms with Crippen molar-refractivity contribution in [1.29, 1.82) is 0 Å². The van der Waals surface area contributed by atoms with Crippen LogP contribution in [0.1, 0.15) is 25.0 Å². The van der Waals surface area contributed by atoms with Gasteiger partial charge in [0.1, 0.15) is 22.5 Å². The number of rotatable bonds is 4. The maximum absolute atomic E-state index is 10.2. The van der Waals surface area contributed by atoms with Gasteiger partial charge in [-0.1, -0.05) is 50.2 Å². The molecule has 172 valence electrons. The molecule has 4 aromatic carbocycles. The predicted octanol–water partition coefficient (Wildman–Crippen LogP) is 7.04. The van der Waals surface area contributed by atoms with Crippen LogP contribution >= 0.6 is 0 Å². The van der Waals surface area contributed by atoms with Gasteiger partial charge in [0, 0.05) is 5.41 Å². The van der Waals surface area contributed by atoms with Crippen LogP contribution in [0.2, 0.25) is 0 Å². The molecule has 0 bridgehead atoms. The third-order valence-corrected chi connectivity index (χ3v) is 6.49. The zero-order valence-corrected chi connectivity index (χ0v) is 19.2. The SMILES string of the molecule is CC(C)(c1ccc2oc(-c3ccccc3O)nc2c1)c1ccc2oc(-c3ccccc3O)nc2c1. The van der Waals surface area contributed by atoms with Crippen molar-refractivity contribution in [3.63, 3.8) is 0 Å². The van der Waals surface area contributed by atoms with Crippen molar-refractivity contribution >= 4 is 22.2 Å². The van der Waals surface area contributed by atoms with Crippen LogP contribution in [-0.2, 0) is 5.41 Å². The Morgan fingerprint density at radius 1 is 0.600 bits per heavy atom. The Kier molecular flexibility index (Phi) is 4.64. The summed E-state index contributed by atoms with van der Waals surface area (Å²) in [5.41, 5.74) is 5.63. The summed E-state index contributed by atoms with van der Waals surface area (Å²) in [6.45, 7) is 4.28. The smallest absolute Gasteiger partial charge is 0.231 e. The van der Waals surface area contributed by atoms with E-state index < -0.39 is 0 Å². The van der Waals surface area contributed by atoms with E-state index in [2.05, 4.69) is 23.8 Å². The Morgan fingerprint density at radius 3 is 1.46 bits per heavy atom. The number of fused-ring (bicyclic) bond motifs is 2. The van der Waals surface area contributed by atoms with E-state index in [0.717, 1.165) is 22.2 Å². The summed E-state index contributed by atoms with van der Waals surface area (Å²) < 4.78 is 11.8. The summed E-state index contributed by atoms with van der Waals surface area (Å²) in [7, 11) is 0. The highest BCUT2D eigenvalue weighted by Gasteiger charge is 2.26. The minimum Gasteiger partial charge on any atom is -0.507 e. The molecule has 0 atom stereocenters. The minimum absolute atomic E-state index is 0.128. The van der Waals surface area contributed by atoms with Crippen LogP contribution in [0, 0.1) is 0 Å². The molecule has 0 aliphatic heterocycles. The van der Waals surface area contributed by atoms with Crippen molar-refractivity contribution in [2.75, 3.05) is 0 Å².